The van der Waals surface area contributed by atoms with E-state index in [2.05, 4.69) is 0 Å². The number of carbonyl (C=O) groups is 2. The molecular weight excluding hydrogens is 412 g/mol. The zero-order valence-corrected chi connectivity index (χ0v) is 17.8. The van der Waals surface area contributed by atoms with Crippen LogP contribution in [0, 0.1) is 0 Å². The minimum absolute atomic E-state index is 0.0260. The quantitative estimate of drug-likeness (QED) is 0.296. The van der Waals surface area contributed by atoms with E-state index in [1.807, 2.05) is 0 Å². The molecule has 0 aliphatic heterocycles. The highest BCUT2D eigenvalue weighted by atomic mass is 17.3. The second kappa shape index (κ2) is 11.6. The minimum atomic E-state index is -1.20. The van der Waals surface area contributed by atoms with Gasteiger partial charge in [-0.15, -0.1) is 9.78 Å². The van der Waals surface area contributed by atoms with Crippen LogP contribution < -0.4 is 18.9 Å². The highest BCUT2D eigenvalue weighted by Crippen LogP contribution is 2.30. The second-order valence-electron chi connectivity index (χ2n) is 5.85. The first kappa shape index (κ1) is 23.8. The van der Waals surface area contributed by atoms with Crippen LogP contribution in [0.25, 0.3) is 0 Å². The minimum Gasteiger partial charge on any atom is -0.496 e. The monoisotopic (exact) mass is 436 g/mol. The van der Waals surface area contributed by atoms with Gasteiger partial charge in [-0.25, -0.2) is 9.59 Å². The maximum atomic E-state index is 12.4. The predicted molar refractivity (Wildman–Crippen MR) is 106 cm³/mol. The van der Waals surface area contributed by atoms with Gasteiger partial charge in [0.05, 0.1) is 28.4 Å². The molecule has 0 saturated heterocycles. The molecule has 0 unspecified atom stereocenters. The van der Waals surface area contributed by atoms with Crippen LogP contribution in [-0.4, -0.2) is 46.7 Å². The Morgan fingerprint density at radius 1 is 0.677 bits per heavy atom. The number of hydrogen-bond acceptors (Lipinski definition) is 10. The molecule has 10 heteroatoms. The molecule has 168 valence electrons. The average molecular weight is 436 g/mol. The van der Waals surface area contributed by atoms with Gasteiger partial charge in [-0.3, -0.25) is 9.78 Å². The van der Waals surface area contributed by atoms with Gasteiger partial charge in [-0.05, 0) is 24.3 Å². The zero-order chi connectivity index (χ0) is 22.8. The number of rotatable bonds is 11. The lowest BCUT2D eigenvalue weighted by atomic mass is 10.2. The van der Waals surface area contributed by atoms with Crippen LogP contribution in [-0.2, 0) is 19.6 Å². The summed E-state index contributed by atoms with van der Waals surface area (Å²) in [4.78, 5) is 44.5. The van der Waals surface area contributed by atoms with Gasteiger partial charge in [0.15, 0.2) is 0 Å². The van der Waals surface area contributed by atoms with Crippen LogP contribution in [0.1, 0.15) is 34.1 Å². The molecule has 0 atom stereocenters. The highest BCUT2D eigenvalue weighted by Gasteiger charge is 2.25. The van der Waals surface area contributed by atoms with Gasteiger partial charge in [-0.2, -0.15) is 0 Å². The Labute approximate surface area is 179 Å². The smallest absolute Gasteiger partial charge is 0.380 e. The van der Waals surface area contributed by atoms with Gasteiger partial charge < -0.3 is 18.9 Å². The van der Waals surface area contributed by atoms with Crippen LogP contribution >= 0.6 is 0 Å². The molecule has 0 N–H and O–H groups in total. The lowest BCUT2D eigenvalue weighted by Gasteiger charge is -2.16. The number of ether oxygens (including phenoxy) is 4. The molecule has 2 aromatic rings. The molecule has 0 bridgehead atoms. The van der Waals surface area contributed by atoms with Gasteiger partial charge in [0.1, 0.15) is 34.1 Å². The van der Waals surface area contributed by atoms with Crippen molar-refractivity contribution in [3.05, 3.63) is 47.5 Å². The molecule has 0 fully saturated rings. The Morgan fingerprint density at radius 3 is 1.26 bits per heavy atom. The van der Waals surface area contributed by atoms with E-state index in [1.54, 1.807) is 43.3 Å². The molecule has 0 aliphatic carbocycles. The van der Waals surface area contributed by atoms with Crippen LogP contribution in [0.2, 0.25) is 0 Å². The molecule has 0 aromatic heterocycles. The summed E-state index contributed by atoms with van der Waals surface area (Å²) in [6.07, 6.45) is -1.01. The third kappa shape index (κ3) is 5.77. The van der Waals surface area contributed by atoms with Gasteiger partial charge in [0, 0.05) is 6.42 Å². The molecule has 0 saturated carbocycles. The van der Waals surface area contributed by atoms with Crippen molar-refractivity contribution in [2.24, 2.45) is 0 Å². The maximum Gasteiger partial charge on any atom is 0.380 e. The fourth-order valence-electron chi connectivity index (χ4n) is 2.53. The second-order valence-corrected chi connectivity index (χ2v) is 5.85. The first-order chi connectivity index (χ1) is 15.0. The lowest BCUT2D eigenvalue weighted by Crippen LogP contribution is -2.22. The summed E-state index contributed by atoms with van der Waals surface area (Å²) < 4.78 is 20.6. The third-order valence-electron chi connectivity index (χ3n) is 4.06. The molecule has 0 amide bonds. The zero-order valence-electron chi connectivity index (χ0n) is 17.8. The van der Waals surface area contributed by atoms with Crippen LogP contribution in [0.3, 0.4) is 0 Å². The summed E-state index contributed by atoms with van der Waals surface area (Å²) in [7, 11) is 5.60. The number of carbonyl (C=O) groups excluding carboxylic acids is 2. The van der Waals surface area contributed by atoms with Crippen molar-refractivity contribution in [3.8, 4) is 23.0 Å². The van der Waals surface area contributed by atoms with E-state index in [0.29, 0.717) is 0 Å². The Hall–Kier alpha value is -3.50. The largest absolute Gasteiger partial charge is 0.496 e. The van der Waals surface area contributed by atoms with Crippen molar-refractivity contribution in [1.29, 1.82) is 0 Å². The van der Waals surface area contributed by atoms with Crippen LogP contribution in [0.15, 0.2) is 36.4 Å². The summed E-state index contributed by atoms with van der Waals surface area (Å²) >= 11 is 0. The SMILES string of the molecule is CCC(OOC(=O)c1c(OC)cccc1OC)OOC(=O)c1c(OC)cccc1OC. The molecular formula is C21H24O10. The highest BCUT2D eigenvalue weighted by molar-refractivity contribution is 5.96. The van der Waals surface area contributed by atoms with Crippen molar-refractivity contribution >= 4 is 11.9 Å². The van der Waals surface area contributed by atoms with Crippen LogP contribution in [0.4, 0.5) is 0 Å². The van der Waals surface area contributed by atoms with Crippen molar-refractivity contribution in [3.63, 3.8) is 0 Å². The van der Waals surface area contributed by atoms with Gasteiger partial charge in [-0.1, -0.05) is 19.1 Å². The normalized spacial score (nSPS) is 10.4. The van der Waals surface area contributed by atoms with E-state index in [9.17, 15) is 9.59 Å². The molecule has 31 heavy (non-hydrogen) atoms. The standard InChI is InChI=1S/C21H24O10/c1-6-17(28-30-20(22)18-13(24-2)9-7-10-14(18)25-3)29-31-21(23)19-15(26-4)11-8-12-16(19)27-5/h7-12,17H,6H2,1-5H3. The summed E-state index contributed by atoms with van der Waals surface area (Å²) in [5.74, 6) is -0.829. The van der Waals surface area contributed by atoms with Gasteiger partial charge in [0.25, 0.3) is 0 Å². The van der Waals surface area contributed by atoms with Crippen molar-refractivity contribution in [1.82, 2.24) is 0 Å². The fourth-order valence-corrected chi connectivity index (χ4v) is 2.53. The average Bonchev–Trinajstić information content (AvgIpc) is 2.82. The van der Waals surface area contributed by atoms with E-state index in [0.717, 1.165) is 0 Å². The third-order valence-corrected chi connectivity index (χ3v) is 4.06. The van der Waals surface area contributed by atoms with Crippen molar-refractivity contribution in [2.75, 3.05) is 28.4 Å². The van der Waals surface area contributed by atoms with E-state index in [1.165, 1.54) is 28.4 Å². The summed E-state index contributed by atoms with van der Waals surface area (Å²) in [6, 6.07) is 9.56. The first-order valence-corrected chi connectivity index (χ1v) is 9.17. The Bertz CT molecular complexity index is 780. The Morgan fingerprint density at radius 2 is 1.00 bits per heavy atom. The Kier molecular flexibility index (Phi) is 8.92. The maximum absolute atomic E-state index is 12.4. The van der Waals surface area contributed by atoms with E-state index < -0.39 is 18.2 Å². The van der Waals surface area contributed by atoms with Crippen molar-refractivity contribution in [2.45, 2.75) is 19.6 Å². The van der Waals surface area contributed by atoms with Gasteiger partial charge >= 0.3 is 11.9 Å². The predicted octanol–water partition coefficient (Wildman–Crippen LogP) is 3.33. The summed E-state index contributed by atoms with van der Waals surface area (Å²) in [5.41, 5.74) is 0.0520. The molecule has 2 aromatic carbocycles. The Balaban J connectivity index is 2.03. The van der Waals surface area contributed by atoms with Crippen molar-refractivity contribution < 1.29 is 48.1 Å². The topological polar surface area (TPSA) is 108 Å². The van der Waals surface area contributed by atoms with Crippen LogP contribution in [0.5, 0.6) is 23.0 Å². The fraction of sp³-hybridized carbons (Fsp3) is 0.333. The van der Waals surface area contributed by atoms with E-state index in [4.69, 9.17) is 38.5 Å². The molecule has 0 radical (unpaired) electrons. The summed E-state index contributed by atoms with van der Waals surface area (Å²) in [5, 5.41) is 0. The molecule has 0 heterocycles. The van der Waals surface area contributed by atoms with E-state index >= 15 is 0 Å². The number of hydrogen-bond donors (Lipinski definition) is 0. The molecule has 10 nitrogen and oxygen atoms in total. The molecule has 0 spiro atoms. The first-order valence-electron chi connectivity index (χ1n) is 9.17. The molecule has 0 aliphatic rings. The summed E-state index contributed by atoms with van der Waals surface area (Å²) in [6.45, 7) is 1.67. The number of methoxy groups -OCH3 is 4. The molecule has 2 rings (SSSR count). The van der Waals surface area contributed by atoms with E-state index in [-0.39, 0.29) is 40.5 Å². The van der Waals surface area contributed by atoms with Gasteiger partial charge in [0.2, 0.25) is 6.29 Å². The lowest BCUT2D eigenvalue weighted by molar-refractivity contribution is -0.420. The number of benzene rings is 2.